The van der Waals surface area contributed by atoms with Crippen molar-refractivity contribution in [3.05, 3.63) is 29.8 Å². The van der Waals surface area contributed by atoms with Gasteiger partial charge in [0.2, 0.25) is 5.16 Å². The molecule has 1 aromatic heterocycles. The molecule has 2 aromatic rings. The van der Waals surface area contributed by atoms with E-state index in [1.165, 1.54) is 12.3 Å². The van der Waals surface area contributed by atoms with Crippen LogP contribution >= 0.6 is 0 Å². The number of halogens is 2. The molecule has 0 radical (unpaired) electrons. The van der Waals surface area contributed by atoms with Crippen LogP contribution in [0, 0.1) is 11.6 Å². The second kappa shape index (κ2) is 4.05. The van der Waals surface area contributed by atoms with E-state index in [0.29, 0.717) is 6.07 Å². The van der Waals surface area contributed by atoms with Gasteiger partial charge in [0.15, 0.2) is 5.82 Å². The fraction of sp³-hybridized carbons (Fsp3) is 0.125. The van der Waals surface area contributed by atoms with E-state index in [2.05, 4.69) is 15.5 Å². The highest BCUT2D eigenvalue weighted by Gasteiger charge is 2.15. The highest BCUT2D eigenvalue weighted by molar-refractivity contribution is 7.84. The summed E-state index contributed by atoms with van der Waals surface area (Å²) in [6.07, 6.45) is 1.36. The summed E-state index contributed by atoms with van der Waals surface area (Å²) < 4.78 is 38.3. The standard InChI is InChI=1S/C8H6F2N4OS/c1-16(15)8-11-12-13-14(8)7-3-2-5(9)4-6(7)10/h2-4H,1H3. The van der Waals surface area contributed by atoms with Crippen molar-refractivity contribution in [1.29, 1.82) is 0 Å². The molecule has 84 valence electrons. The van der Waals surface area contributed by atoms with Crippen molar-refractivity contribution < 1.29 is 13.0 Å². The molecule has 16 heavy (non-hydrogen) atoms. The minimum absolute atomic E-state index is 0.00510. The Hall–Kier alpha value is -1.70. The molecule has 0 saturated heterocycles. The van der Waals surface area contributed by atoms with Gasteiger partial charge in [0.05, 0.1) is 10.8 Å². The molecule has 0 N–H and O–H groups in total. The van der Waals surface area contributed by atoms with Gasteiger partial charge in [-0.15, -0.1) is 0 Å². The molecule has 1 unspecified atom stereocenters. The molecule has 0 saturated carbocycles. The Morgan fingerprint density at radius 3 is 2.75 bits per heavy atom. The van der Waals surface area contributed by atoms with E-state index >= 15 is 0 Å². The van der Waals surface area contributed by atoms with Crippen LogP contribution in [0.15, 0.2) is 23.4 Å². The zero-order chi connectivity index (χ0) is 11.7. The number of aromatic nitrogens is 4. The van der Waals surface area contributed by atoms with Crippen LogP contribution in [0.3, 0.4) is 0 Å². The second-order valence-electron chi connectivity index (χ2n) is 2.92. The Morgan fingerprint density at radius 2 is 2.12 bits per heavy atom. The zero-order valence-corrected chi connectivity index (χ0v) is 8.91. The number of hydrogen-bond donors (Lipinski definition) is 0. The predicted molar refractivity (Wildman–Crippen MR) is 51.4 cm³/mol. The van der Waals surface area contributed by atoms with Crippen molar-refractivity contribution in [1.82, 2.24) is 20.2 Å². The number of hydrogen-bond acceptors (Lipinski definition) is 4. The van der Waals surface area contributed by atoms with E-state index in [9.17, 15) is 13.0 Å². The van der Waals surface area contributed by atoms with Crippen LogP contribution < -0.4 is 0 Å². The minimum Gasteiger partial charge on any atom is -0.251 e. The van der Waals surface area contributed by atoms with Crippen LogP contribution in [0.4, 0.5) is 8.78 Å². The second-order valence-corrected chi connectivity index (χ2v) is 4.20. The maximum Gasteiger partial charge on any atom is 0.244 e. The van der Waals surface area contributed by atoms with Gasteiger partial charge in [0.25, 0.3) is 0 Å². The van der Waals surface area contributed by atoms with E-state index in [4.69, 9.17) is 0 Å². The Labute approximate surface area is 91.5 Å². The smallest absolute Gasteiger partial charge is 0.244 e. The van der Waals surface area contributed by atoms with Gasteiger partial charge in [-0.25, -0.2) is 8.78 Å². The molecule has 2 rings (SSSR count). The summed E-state index contributed by atoms with van der Waals surface area (Å²) in [5, 5.41) is 10.3. The summed E-state index contributed by atoms with van der Waals surface area (Å²) >= 11 is 0. The Morgan fingerprint density at radius 1 is 1.38 bits per heavy atom. The van der Waals surface area contributed by atoms with Crippen molar-refractivity contribution in [3.63, 3.8) is 0 Å². The predicted octanol–water partition coefficient (Wildman–Crippen LogP) is 0.678. The van der Waals surface area contributed by atoms with E-state index in [-0.39, 0.29) is 10.8 Å². The third kappa shape index (κ3) is 1.83. The lowest BCUT2D eigenvalue weighted by Gasteiger charge is -2.03. The van der Waals surface area contributed by atoms with Gasteiger partial charge < -0.3 is 0 Å². The summed E-state index contributed by atoms with van der Waals surface area (Å²) in [6, 6.07) is 2.96. The number of nitrogens with zero attached hydrogens (tertiary/aromatic N) is 4. The summed E-state index contributed by atoms with van der Waals surface area (Å²) in [5.74, 6) is -1.52. The van der Waals surface area contributed by atoms with Crippen molar-refractivity contribution in [2.24, 2.45) is 0 Å². The van der Waals surface area contributed by atoms with Crippen LogP contribution in [0.2, 0.25) is 0 Å². The first-order valence-corrected chi connectivity index (χ1v) is 5.72. The molecular weight excluding hydrogens is 238 g/mol. The van der Waals surface area contributed by atoms with Crippen molar-refractivity contribution in [2.75, 3.05) is 6.26 Å². The molecule has 1 heterocycles. The molecule has 8 heteroatoms. The highest BCUT2D eigenvalue weighted by atomic mass is 32.2. The van der Waals surface area contributed by atoms with Gasteiger partial charge in [-0.05, 0) is 22.6 Å². The molecule has 0 spiro atoms. The van der Waals surface area contributed by atoms with Gasteiger partial charge in [-0.3, -0.25) is 4.21 Å². The van der Waals surface area contributed by atoms with Gasteiger partial charge in [-0.1, -0.05) is 5.10 Å². The molecule has 1 atom stereocenters. The van der Waals surface area contributed by atoms with Crippen molar-refractivity contribution >= 4 is 10.8 Å². The normalized spacial score (nSPS) is 12.7. The van der Waals surface area contributed by atoms with E-state index < -0.39 is 22.4 Å². The Bertz CT molecular complexity index is 557. The van der Waals surface area contributed by atoms with Gasteiger partial charge in [-0.2, -0.15) is 4.68 Å². The molecule has 5 nitrogen and oxygen atoms in total. The SMILES string of the molecule is CS(=O)c1nnnn1-c1ccc(F)cc1F. The molecule has 0 aliphatic carbocycles. The fourth-order valence-corrected chi connectivity index (χ4v) is 1.69. The number of benzene rings is 1. The zero-order valence-electron chi connectivity index (χ0n) is 8.09. The van der Waals surface area contributed by atoms with E-state index in [0.717, 1.165) is 10.7 Å². The highest BCUT2D eigenvalue weighted by Crippen LogP contribution is 2.15. The average Bonchev–Trinajstić information content (AvgIpc) is 2.66. The lowest BCUT2D eigenvalue weighted by molar-refractivity contribution is 0.566. The average molecular weight is 244 g/mol. The van der Waals surface area contributed by atoms with Crippen molar-refractivity contribution in [2.45, 2.75) is 5.16 Å². The van der Waals surface area contributed by atoms with Crippen molar-refractivity contribution in [3.8, 4) is 5.69 Å². The van der Waals surface area contributed by atoms with E-state index in [1.807, 2.05) is 0 Å². The quantitative estimate of drug-likeness (QED) is 0.779. The monoisotopic (exact) mass is 244 g/mol. The van der Waals surface area contributed by atoms with Crippen LogP contribution in [0.1, 0.15) is 0 Å². The maximum atomic E-state index is 13.4. The van der Waals surface area contributed by atoms with Crippen LogP contribution in [0.25, 0.3) is 5.69 Å². The van der Waals surface area contributed by atoms with Crippen LogP contribution in [-0.2, 0) is 10.8 Å². The summed E-state index contributed by atoms with van der Waals surface area (Å²) in [4.78, 5) is 0. The summed E-state index contributed by atoms with van der Waals surface area (Å²) in [7, 11) is -1.46. The molecular formula is C8H6F2N4OS. The number of tetrazole rings is 1. The summed E-state index contributed by atoms with van der Waals surface area (Å²) in [5.41, 5.74) is -0.0448. The third-order valence-electron chi connectivity index (χ3n) is 1.84. The first-order chi connectivity index (χ1) is 7.59. The molecule has 0 aliphatic heterocycles. The van der Waals surface area contributed by atoms with Gasteiger partial charge in [0, 0.05) is 12.3 Å². The van der Waals surface area contributed by atoms with Gasteiger partial charge >= 0.3 is 0 Å². The first-order valence-electron chi connectivity index (χ1n) is 4.17. The molecule has 0 bridgehead atoms. The molecule has 1 aromatic carbocycles. The topological polar surface area (TPSA) is 60.7 Å². The van der Waals surface area contributed by atoms with Crippen LogP contribution in [0.5, 0.6) is 0 Å². The third-order valence-corrected chi connectivity index (χ3v) is 2.60. The minimum atomic E-state index is -1.46. The van der Waals surface area contributed by atoms with E-state index in [1.54, 1.807) is 0 Å². The fourth-order valence-electron chi connectivity index (χ4n) is 1.16. The molecule has 0 amide bonds. The lowest BCUT2D eigenvalue weighted by Crippen LogP contribution is -2.06. The van der Waals surface area contributed by atoms with Crippen LogP contribution in [-0.4, -0.2) is 30.7 Å². The summed E-state index contributed by atoms with van der Waals surface area (Å²) in [6.45, 7) is 0. The first kappa shape index (κ1) is 10.8. The molecule has 0 aliphatic rings. The van der Waals surface area contributed by atoms with Gasteiger partial charge in [0.1, 0.15) is 11.5 Å². The Balaban J connectivity index is 2.59. The Kier molecular flexibility index (Phi) is 2.73. The maximum absolute atomic E-state index is 13.4. The lowest BCUT2D eigenvalue weighted by atomic mass is 10.3. The largest absolute Gasteiger partial charge is 0.251 e. The molecule has 0 fully saturated rings. The number of rotatable bonds is 2.